The molecule has 1 saturated heterocycles. The van der Waals surface area contributed by atoms with E-state index in [-0.39, 0.29) is 37.1 Å². The van der Waals surface area contributed by atoms with Gasteiger partial charge < -0.3 is 10.0 Å². The molecule has 1 unspecified atom stereocenters. The summed E-state index contributed by atoms with van der Waals surface area (Å²) >= 11 is 0. The Labute approximate surface area is 101 Å². The van der Waals surface area contributed by atoms with Gasteiger partial charge in [-0.15, -0.1) is 0 Å². The van der Waals surface area contributed by atoms with E-state index in [0.29, 0.717) is 0 Å². The summed E-state index contributed by atoms with van der Waals surface area (Å²) in [5.41, 5.74) is -0.862. The maximum Gasteiger partial charge on any atom is 0.433 e. The summed E-state index contributed by atoms with van der Waals surface area (Å²) in [5, 5.41) is 8.96. The number of halogens is 3. The minimum atomic E-state index is -4.53. The summed E-state index contributed by atoms with van der Waals surface area (Å²) in [7, 11) is 0. The van der Waals surface area contributed by atoms with E-state index in [1.165, 1.54) is 11.0 Å². The van der Waals surface area contributed by atoms with Gasteiger partial charge in [0.2, 0.25) is 5.91 Å². The predicted octanol–water partition coefficient (Wildman–Crippen LogP) is 1.45. The monoisotopic (exact) mass is 260 g/mol. The van der Waals surface area contributed by atoms with Crippen LogP contribution < -0.4 is 4.90 Å². The normalized spacial score (nSPS) is 20.6. The van der Waals surface area contributed by atoms with Crippen LogP contribution in [0, 0.1) is 5.92 Å². The minimum absolute atomic E-state index is 0.153. The number of rotatable bonds is 2. The first-order valence-electron chi connectivity index (χ1n) is 5.36. The highest BCUT2D eigenvalue weighted by Crippen LogP contribution is 2.31. The van der Waals surface area contributed by atoms with Crippen LogP contribution >= 0.6 is 0 Å². The standard InChI is InChI=1S/C11H11F3N2O2/c12-11(13,14)9-4-8(1-2-15-9)16-5-7(6-17)3-10(16)18/h1-2,4,7,17H,3,5-6H2. The topological polar surface area (TPSA) is 53.4 Å². The quantitative estimate of drug-likeness (QED) is 0.875. The smallest absolute Gasteiger partial charge is 0.396 e. The van der Waals surface area contributed by atoms with Crippen LogP contribution in [0.5, 0.6) is 0 Å². The Morgan fingerprint density at radius 3 is 2.78 bits per heavy atom. The van der Waals surface area contributed by atoms with Gasteiger partial charge in [0.1, 0.15) is 5.69 Å². The van der Waals surface area contributed by atoms with Crippen LogP contribution in [0.4, 0.5) is 18.9 Å². The first kappa shape index (κ1) is 12.8. The lowest BCUT2D eigenvalue weighted by Crippen LogP contribution is -2.25. The van der Waals surface area contributed by atoms with E-state index in [4.69, 9.17) is 5.11 Å². The van der Waals surface area contributed by atoms with Gasteiger partial charge in [-0.1, -0.05) is 0 Å². The van der Waals surface area contributed by atoms with Crippen molar-refractivity contribution in [2.24, 2.45) is 5.92 Å². The molecule has 1 aromatic rings. The number of aromatic nitrogens is 1. The highest BCUT2D eigenvalue weighted by atomic mass is 19.4. The van der Waals surface area contributed by atoms with Gasteiger partial charge in [-0.3, -0.25) is 9.78 Å². The second-order valence-electron chi connectivity index (χ2n) is 4.15. The van der Waals surface area contributed by atoms with Gasteiger partial charge in [0, 0.05) is 37.4 Å². The number of aliphatic hydroxyl groups excluding tert-OH is 1. The molecule has 0 saturated carbocycles. The van der Waals surface area contributed by atoms with Crippen LogP contribution in [0.3, 0.4) is 0 Å². The Kier molecular flexibility index (Phi) is 3.25. The summed E-state index contributed by atoms with van der Waals surface area (Å²) in [4.78, 5) is 16.1. The van der Waals surface area contributed by atoms with Crippen molar-refractivity contribution in [2.45, 2.75) is 12.6 Å². The number of hydrogen-bond donors (Lipinski definition) is 1. The van der Waals surface area contributed by atoms with Crippen molar-refractivity contribution in [3.63, 3.8) is 0 Å². The molecule has 0 radical (unpaired) electrons. The third kappa shape index (κ3) is 2.45. The van der Waals surface area contributed by atoms with Crippen LogP contribution in [0.1, 0.15) is 12.1 Å². The Bertz CT molecular complexity index is 462. The Hall–Kier alpha value is -1.63. The van der Waals surface area contributed by atoms with E-state index in [1.54, 1.807) is 0 Å². The fourth-order valence-corrected chi connectivity index (χ4v) is 1.90. The van der Waals surface area contributed by atoms with Crippen LogP contribution in [0.25, 0.3) is 0 Å². The SMILES string of the molecule is O=C1CC(CO)CN1c1ccnc(C(F)(F)F)c1. The molecule has 1 aliphatic rings. The average molecular weight is 260 g/mol. The van der Waals surface area contributed by atoms with E-state index < -0.39 is 11.9 Å². The van der Waals surface area contributed by atoms with Crippen LogP contribution in [-0.2, 0) is 11.0 Å². The van der Waals surface area contributed by atoms with Crippen LogP contribution in [0.2, 0.25) is 0 Å². The second-order valence-corrected chi connectivity index (χ2v) is 4.15. The van der Waals surface area contributed by atoms with Gasteiger partial charge in [0.05, 0.1) is 0 Å². The molecule has 7 heteroatoms. The summed E-state index contributed by atoms with van der Waals surface area (Å²) in [6.07, 6.45) is -3.35. The van der Waals surface area contributed by atoms with Crippen LogP contribution in [0.15, 0.2) is 18.3 Å². The highest BCUT2D eigenvalue weighted by molar-refractivity contribution is 5.95. The number of hydrogen-bond acceptors (Lipinski definition) is 3. The van der Waals surface area contributed by atoms with Crippen molar-refractivity contribution in [3.8, 4) is 0 Å². The number of nitrogens with zero attached hydrogens (tertiary/aromatic N) is 2. The number of alkyl halides is 3. The van der Waals surface area contributed by atoms with Gasteiger partial charge in [0.25, 0.3) is 0 Å². The summed E-state index contributed by atoms with van der Waals surface area (Å²) < 4.78 is 37.5. The Balaban J connectivity index is 2.27. The molecule has 1 N–H and O–H groups in total. The van der Waals surface area contributed by atoms with E-state index >= 15 is 0 Å². The molecular weight excluding hydrogens is 249 g/mol. The highest BCUT2D eigenvalue weighted by Gasteiger charge is 2.35. The summed E-state index contributed by atoms with van der Waals surface area (Å²) in [6.45, 7) is 0.0795. The molecule has 0 aliphatic carbocycles. The molecule has 1 amide bonds. The first-order chi connectivity index (χ1) is 8.41. The van der Waals surface area contributed by atoms with Crippen molar-refractivity contribution in [1.29, 1.82) is 0 Å². The van der Waals surface area contributed by atoms with Gasteiger partial charge in [-0.25, -0.2) is 0 Å². The lowest BCUT2D eigenvalue weighted by molar-refractivity contribution is -0.141. The zero-order valence-electron chi connectivity index (χ0n) is 9.31. The third-order valence-corrected chi connectivity index (χ3v) is 2.81. The number of anilines is 1. The first-order valence-corrected chi connectivity index (χ1v) is 5.36. The molecule has 18 heavy (non-hydrogen) atoms. The van der Waals surface area contributed by atoms with E-state index in [0.717, 1.165) is 12.3 Å². The van der Waals surface area contributed by atoms with E-state index in [1.807, 2.05) is 0 Å². The third-order valence-electron chi connectivity index (χ3n) is 2.81. The average Bonchev–Trinajstić information content (AvgIpc) is 2.70. The van der Waals surface area contributed by atoms with Gasteiger partial charge in [-0.2, -0.15) is 13.2 Å². The molecule has 1 aromatic heterocycles. The molecule has 1 fully saturated rings. The molecule has 0 aromatic carbocycles. The molecule has 1 atom stereocenters. The maximum atomic E-state index is 12.5. The van der Waals surface area contributed by atoms with Crippen molar-refractivity contribution >= 4 is 11.6 Å². The molecule has 2 rings (SSSR count). The molecular formula is C11H11F3N2O2. The molecule has 2 heterocycles. The number of amides is 1. The number of aliphatic hydroxyl groups is 1. The number of pyridine rings is 1. The largest absolute Gasteiger partial charge is 0.433 e. The van der Waals surface area contributed by atoms with Gasteiger partial charge in [0.15, 0.2) is 0 Å². The molecule has 4 nitrogen and oxygen atoms in total. The molecule has 98 valence electrons. The minimum Gasteiger partial charge on any atom is -0.396 e. The maximum absolute atomic E-state index is 12.5. The fourth-order valence-electron chi connectivity index (χ4n) is 1.90. The van der Waals surface area contributed by atoms with Crippen molar-refractivity contribution in [3.05, 3.63) is 24.0 Å². The Morgan fingerprint density at radius 2 is 2.22 bits per heavy atom. The fraction of sp³-hybridized carbons (Fsp3) is 0.455. The second kappa shape index (κ2) is 4.56. The zero-order chi connectivity index (χ0) is 13.3. The van der Waals surface area contributed by atoms with Crippen molar-refractivity contribution < 1.29 is 23.1 Å². The molecule has 0 bridgehead atoms. The molecule has 0 spiro atoms. The van der Waals surface area contributed by atoms with Gasteiger partial charge >= 0.3 is 6.18 Å². The van der Waals surface area contributed by atoms with E-state index in [9.17, 15) is 18.0 Å². The molecule has 1 aliphatic heterocycles. The number of carbonyl (C=O) groups is 1. The number of carbonyl (C=O) groups excluding carboxylic acids is 1. The Morgan fingerprint density at radius 1 is 1.50 bits per heavy atom. The van der Waals surface area contributed by atoms with Crippen molar-refractivity contribution in [2.75, 3.05) is 18.1 Å². The van der Waals surface area contributed by atoms with Gasteiger partial charge in [-0.05, 0) is 12.1 Å². The van der Waals surface area contributed by atoms with Crippen LogP contribution in [-0.4, -0.2) is 29.1 Å². The predicted molar refractivity (Wildman–Crippen MR) is 56.8 cm³/mol. The van der Waals surface area contributed by atoms with E-state index in [2.05, 4.69) is 4.98 Å². The van der Waals surface area contributed by atoms with Crippen molar-refractivity contribution in [1.82, 2.24) is 4.98 Å². The summed E-state index contributed by atoms with van der Waals surface area (Å²) in [6, 6.07) is 2.20. The zero-order valence-corrected chi connectivity index (χ0v) is 9.31. The summed E-state index contributed by atoms with van der Waals surface area (Å²) in [5.74, 6) is -0.506. The lowest BCUT2D eigenvalue weighted by atomic mass is 10.1. The lowest BCUT2D eigenvalue weighted by Gasteiger charge is -2.17.